The SMILES string of the molecule is COc1ccnc(Nc2cc(C)cc(-c3ccc([C@@](C)(O)[C@H]4CC[C@H](C(=O)O)CC4)nc3)c2)n1. The van der Waals surface area contributed by atoms with Gasteiger partial charge in [0.15, 0.2) is 0 Å². The van der Waals surface area contributed by atoms with Crippen LogP contribution in [0.2, 0.25) is 0 Å². The highest BCUT2D eigenvalue weighted by atomic mass is 16.5. The van der Waals surface area contributed by atoms with Crippen molar-refractivity contribution < 1.29 is 19.7 Å². The van der Waals surface area contributed by atoms with Gasteiger partial charge in [-0.2, -0.15) is 4.98 Å². The van der Waals surface area contributed by atoms with Crippen LogP contribution < -0.4 is 10.1 Å². The minimum Gasteiger partial charge on any atom is -0.481 e. The van der Waals surface area contributed by atoms with E-state index < -0.39 is 11.6 Å². The van der Waals surface area contributed by atoms with Gasteiger partial charge in [0, 0.05) is 29.7 Å². The van der Waals surface area contributed by atoms with E-state index in [4.69, 9.17) is 4.74 Å². The highest BCUT2D eigenvalue weighted by molar-refractivity contribution is 5.71. The van der Waals surface area contributed by atoms with Crippen LogP contribution in [0.4, 0.5) is 11.6 Å². The van der Waals surface area contributed by atoms with E-state index in [1.54, 1.807) is 32.5 Å². The van der Waals surface area contributed by atoms with Gasteiger partial charge in [-0.15, -0.1) is 0 Å². The molecule has 1 atom stereocenters. The molecular formula is C26H30N4O4. The summed E-state index contributed by atoms with van der Waals surface area (Å²) in [6, 6.07) is 11.6. The number of hydrogen-bond acceptors (Lipinski definition) is 7. The lowest BCUT2D eigenvalue weighted by molar-refractivity contribution is -0.144. The summed E-state index contributed by atoms with van der Waals surface area (Å²) in [6.45, 7) is 3.80. The standard InChI is InChI=1S/C26H30N4O4/c1-16-12-19(14-21(13-16)29-25-27-11-10-23(30-25)34-3)18-6-9-22(28-15-18)26(2,33)20-7-4-17(5-8-20)24(31)32/h6,9-15,17,20,33H,4-5,7-8H2,1-3H3,(H,31,32)(H,27,29,30)/t17-,20-,26-/m0/s1. The van der Waals surface area contributed by atoms with Gasteiger partial charge in [0.05, 0.1) is 18.7 Å². The second-order valence-corrected chi connectivity index (χ2v) is 9.10. The molecule has 178 valence electrons. The van der Waals surface area contributed by atoms with E-state index >= 15 is 0 Å². The van der Waals surface area contributed by atoms with Crippen molar-refractivity contribution in [1.82, 2.24) is 15.0 Å². The number of methoxy groups -OCH3 is 1. The molecule has 0 amide bonds. The van der Waals surface area contributed by atoms with Gasteiger partial charge in [-0.3, -0.25) is 9.78 Å². The summed E-state index contributed by atoms with van der Waals surface area (Å²) in [6.07, 6.45) is 5.93. The van der Waals surface area contributed by atoms with Crippen molar-refractivity contribution in [2.75, 3.05) is 12.4 Å². The zero-order chi connectivity index (χ0) is 24.3. The second-order valence-electron chi connectivity index (χ2n) is 9.10. The smallest absolute Gasteiger partial charge is 0.306 e. The van der Waals surface area contributed by atoms with Crippen molar-refractivity contribution in [3.8, 4) is 17.0 Å². The highest BCUT2D eigenvalue weighted by Gasteiger charge is 2.38. The zero-order valence-electron chi connectivity index (χ0n) is 19.7. The van der Waals surface area contributed by atoms with E-state index in [-0.39, 0.29) is 11.8 Å². The number of carboxylic acids is 1. The van der Waals surface area contributed by atoms with Crippen molar-refractivity contribution >= 4 is 17.6 Å². The summed E-state index contributed by atoms with van der Waals surface area (Å²) >= 11 is 0. The van der Waals surface area contributed by atoms with Gasteiger partial charge >= 0.3 is 5.97 Å². The van der Waals surface area contributed by atoms with Crippen LogP contribution in [0.3, 0.4) is 0 Å². The Morgan fingerprint density at radius 3 is 2.50 bits per heavy atom. The summed E-state index contributed by atoms with van der Waals surface area (Å²) in [5.74, 6) is -0.148. The number of aromatic nitrogens is 3. The number of pyridine rings is 1. The Morgan fingerprint density at radius 1 is 1.09 bits per heavy atom. The molecule has 3 aromatic rings. The summed E-state index contributed by atoms with van der Waals surface area (Å²) in [5.41, 5.74) is 3.30. The number of aryl methyl sites for hydroxylation is 1. The Labute approximate surface area is 199 Å². The van der Waals surface area contributed by atoms with Crippen LogP contribution in [0.1, 0.15) is 43.9 Å². The lowest BCUT2D eigenvalue weighted by atomic mass is 9.73. The minimum absolute atomic E-state index is 0.0147. The number of hydrogen-bond donors (Lipinski definition) is 3. The quantitative estimate of drug-likeness (QED) is 0.463. The van der Waals surface area contributed by atoms with Crippen LogP contribution in [0.25, 0.3) is 11.1 Å². The van der Waals surface area contributed by atoms with Crippen molar-refractivity contribution in [1.29, 1.82) is 0 Å². The Balaban J connectivity index is 1.51. The number of benzene rings is 1. The number of ether oxygens (including phenoxy) is 1. The number of aliphatic hydroxyl groups is 1. The molecule has 8 heteroatoms. The number of nitrogens with one attached hydrogen (secondary N) is 1. The van der Waals surface area contributed by atoms with Crippen molar-refractivity contribution in [3.05, 3.63) is 60.0 Å². The Hall–Kier alpha value is -3.52. The van der Waals surface area contributed by atoms with Crippen molar-refractivity contribution in [2.45, 2.75) is 45.1 Å². The van der Waals surface area contributed by atoms with Crippen LogP contribution in [0, 0.1) is 18.8 Å². The fraction of sp³-hybridized carbons (Fsp3) is 0.385. The summed E-state index contributed by atoms with van der Waals surface area (Å²) in [4.78, 5) is 24.4. The first-order valence-electron chi connectivity index (χ1n) is 11.4. The highest BCUT2D eigenvalue weighted by Crippen LogP contribution is 2.40. The number of aliphatic carboxylic acids is 1. The molecule has 4 rings (SSSR count). The third-order valence-corrected chi connectivity index (χ3v) is 6.66. The maximum atomic E-state index is 11.2. The third-order valence-electron chi connectivity index (χ3n) is 6.66. The van der Waals surface area contributed by atoms with E-state index in [1.807, 2.05) is 31.2 Å². The molecule has 0 unspecified atom stereocenters. The molecule has 0 radical (unpaired) electrons. The number of carboxylic acid groups (broad SMARTS) is 1. The minimum atomic E-state index is -1.11. The van der Waals surface area contributed by atoms with Crippen LogP contribution in [0.5, 0.6) is 5.88 Å². The number of rotatable bonds is 7. The fourth-order valence-electron chi connectivity index (χ4n) is 4.64. The predicted molar refractivity (Wildman–Crippen MR) is 129 cm³/mol. The maximum absolute atomic E-state index is 11.2. The van der Waals surface area contributed by atoms with Gasteiger partial charge in [0.1, 0.15) is 5.60 Å². The molecule has 0 saturated heterocycles. The molecule has 34 heavy (non-hydrogen) atoms. The molecule has 3 N–H and O–H groups in total. The maximum Gasteiger partial charge on any atom is 0.306 e. The van der Waals surface area contributed by atoms with E-state index in [0.717, 1.165) is 22.4 Å². The molecular weight excluding hydrogens is 432 g/mol. The molecule has 2 aromatic heterocycles. The molecule has 1 saturated carbocycles. The zero-order valence-corrected chi connectivity index (χ0v) is 19.7. The first-order valence-corrected chi connectivity index (χ1v) is 11.4. The number of carbonyl (C=O) groups is 1. The normalized spacial score (nSPS) is 19.8. The van der Waals surface area contributed by atoms with Gasteiger partial charge in [-0.25, -0.2) is 4.98 Å². The van der Waals surface area contributed by atoms with Gasteiger partial charge in [-0.1, -0.05) is 12.1 Å². The Kier molecular flexibility index (Phi) is 6.79. The molecule has 8 nitrogen and oxygen atoms in total. The van der Waals surface area contributed by atoms with E-state index in [2.05, 4.69) is 26.3 Å². The topological polar surface area (TPSA) is 117 Å². The molecule has 0 spiro atoms. The molecule has 1 fully saturated rings. The van der Waals surface area contributed by atoms with Crippen LogP contribution in [-0.2, 0) is 10.4 Å². The summed E-state index contributed by atoms with van der Waals surface area (Å²) in [5, 5.41) is 23.7. The molecule has 1 aromatic carbocycles. The van der Waals surface area contributed by atoms with E-state index in [9.17, 15) is 15.0 Å². The van der Waals surface area contributed by atoms with Gasteiger partial charge < -0.3 is 20.3 Å². The first-order chi connectivity index (χ1) is 16.3. The molecule has 1 aliphatic carbocycles. The average molecular weight is 463 g/mol. The molecule has 1 aliphatic rings. The summed E-state index contributed by atoms with van der Waals surface area (Å²) < 4.78 is 5.16. The Morgan fingerprint density at radius 2 is 1.85 bits per heavy atom. The van der Waals surface area contributed by atoms with Crippen molar-refractivity contribution in [3.63, 3.8) is 0 Å². The largest absolute Gasteiger partial charge is 0.481 e. The van der Waals surface area contributed by atoms with Crippen LogP contribution in [-0.4, -0.2) is 38.2 Å². The molecule has 0 bridgehead atoms. The lowest BCUT2D eigenvalue weighted by Gasteiger charge is -2.36. The van der Waals surface area contributed by atoms with Crippen LogP contribution >= 0.6 is 0 Å². The Bertz CT molecular complexity index is 1160. The number of nitrogens with zero attached hydrogens (tertiary/aromatic N) is 3. The van der Waals surface area contributed by atoms with Crippen LogP contribution in [0.15, 0.2) is 48.8 Å². The monoisotopic (exact) mass is 462 g/mol. The average Bonchev–Trinajstić information content (AvgIpc) is 2.84. The molecule has 2 heterocycles. The van der Waals surface area contributed by atoms with Crippen molar-refractivity contribution in [2.24, 2.45) is 11.8 Å². The van der Waals surface area contributed by atoms with E-state index in [1.165, 1.54) is 0 Å². The summed E-state index contributed by atoms with van der Waals surface area (Å²) in [7, 11) is 1.56. The predicted octanol–water partition coefficient (Wildman–Crippen LogP) is 4.70. The first kappa shape index (κ1) is 23.6. The van der Waals surface area contributed by atoms with Gasteiger partial charge in [-0.05, 0) is 74.8 Å². The number of anilines is 2. The van der Waals surface area contributed by atoms with Gasteiger partial charge in [0.25, 0.3) is 0 Å². The second kappa shape index (κ2) is 9.77. The van der Waals surface area contributed by atoms with Gasteiger partial charge in [0.2, 0.25) is 11.8 Å². The fourth-order valence-corrected chi connectivity index (χ4v) is 4.64. The lowest BCUT2D eigenvalue weighted by Crippen LogP contribution is -2.36. The third kappa shape index (κ3) is 5.17. The van der Waals surface area contributed by atoms with E-state index in [0.29, 0.717) is 43.2 Å². The molecule has 0 aliphatic heterocycles.